The lowest BCUT2D eigenvalue weighted by Gasteiger charge is -2.30. The topological polar surface area (TPSA) is 34.5 Å². The number of fused-ring (bicyclic) bond motifs is 12. The Hall–Kier alpha value is -9.90. The summed E-state index contributed by atoms with van der Waals surface area (Å²) in [6.07, 6.45) is 7.26. The highest BCUT2D eigenvalue weighted by Crippen LogP contribution is 2.54. The van der Waals surface area contributed by atoms with Gasteiger partial charge in [-0.2, -0.15) is 0 Å². The van der Waals surface area contributed by atoms with Gasteiger partial charge in [-0.25, -0.2) is 0 Å². The fourth-order valence-corrected chi connectivity index (χ4v) is 12.6. The van der Waals surface area contributed by atoms with Gasteiger partial charge in [0.05, 0.1) is 17.1 Å². The van der Waals surface area contributed by atoms with E-state index in [1.165, 1.54) is 66.5 Å². The zero-order chi connectivity index (χ0) is 49.8. The van der Waals surface area contributed by atoms with Gasteiger partial charge < -0.3 is 18.3 Å². The molecule has 0 spiro atoms. The highest BCUT2D eigenvalue weighted by atomic mass is 16.3. The fourth-order valence-electron chi connectivity index (χ4n) is 12.6. The third-order valence-corrected chi connectivity index (χ3v) is 16.1. The average molecular weight is 971 g/mol. The summed E-state index contributed by atoms with van der Waals surface area (Å²) in [5.41, 5.74) is 22.3. The van der Waals surface area contributed by atoms with Crippen molar-refractivity contribution in [2.75, 3.05) is 4.90 Å². The molecule has 356 valence electrons. The number of anilines is 2. The Bertz CT molecular complexity index is 4690. The molecule has 0 N–H and O–H groups in total. The molecule has 2 atom stereocenters. The molecule has 2 aliphatic rings. The standard InChI is InChI=1S/C72H46N2O2/c1-5-17-45(18-6-1)49-29-33-65-59(37-49)61-41-55(47-21-9-3-10-22-47)57(43-67(61)73(65)51-31-35-71-63(39-51)53-25-13-15-27-69(53)75-71)58-44-68-62(42-56(58)48-23-11-4-12-24-48)60-38-50(46-19-7-2-8-20-46)30-34-66(60)74(68)52-32-36-72-64(40-52)54-26-14-16-28-70(54)76-72/h1-44,59,65H. The van der Waals surface area contributed by atoms with Crippen molar-refractivity contribution in [1.82, 2.24) is 4.57 Å². The minimum atomic E-state index is 0.0308. The highest BCUT2D eigenvalue weighted by molar-refractivity contribution is 6.15. The van der Waals surface area contributed by atoms with Gasteiger partial charge in [-0.1, -0.05) is 182 Å². The summed E-state index contributed by atoms with van der Waals surface area (Å²) in [5.74, 6) is 0.0786. The van der Waals surface area contributed by atoms with Crippen LogP contribution in [0, 0.1) is 0 Å². The molecule has 0 saturated heterocycles. The van der Waals surface area contributed by atoms with Gasteiger partial charge in [0.2, 0.25) is 0 Å². The summed E-state index contributed by atoms with van der Waals surface area (Å²) >= 11 is 0. The number of nitrogens with zero attached hydrogens (tertiary/aromatic N) is 2. The molecule has 1 aliphatic carbocycles. The number of aromatic nitrogens is 1. The van der Waals surface area contributed by atoms with Gasteiger partial charge in [-0.05, 0) is 146 Å². The molecular formula is C72H46N2O2. The van der Waals surface area contributed by atoms with Gasteiger partial charge in [0.15, 0.2) is 0 Å². The van der Waals surface area contributed by atoms with Crippen LogP contribution in [0.2, 0.25) is 0 Å². The highest BCUT2D eigenvalue weighted by Gasteiger charge is 2.40. The molecule has 0 bridgehead atoms. The number of benzene rings is 11. The Morgan fingerprint density at radius 2 is 0.855 bits per heavy atom. The Morgan fingerprint density at radius 3 is 1.51 bits per heavy atom. The van der Waals surface area contributed by atoms with Crippen LogP contribution in [0.25, 0.3) is 121 Å². The van der Waals surface area contributed by atoms with Crippen LogP contribution < -0.4 is 4.90 Å². The van der Waals surface area contributed by atoms with E-state index in [9.17, 15) is 0 Å². The van der Waals surface area contributed by atoms with E-state index in [4.69, 9.17) is 8.83 Å². The average Bonchev–Trinajstić information content (AvgIpc) is 4.33. The van der Waals surface area contributed by atoms with E-state index in [1.807, 2.05) is 12.1 Å². The first kappa shape index (κ1) is 42.6. The smallest absolute Gasteiger partial charge is 0.135 e. The largest absolute Gasteiger partial charge is 0.456 e. The van der Waals surface area contributed by atoms with Crippen LogP contribution in [0.3, 0.4) is 0 Å². The minimum Gasteiger partial charge on any atom is -0.456 e. The van der Waals surface area contributed by atoms with E-state index < -0.39 is 0 Å². The van der Waals surface area contributed by atoms with E-state index in [1.54, 1.807) is 0 Å². The van der Waals surface area contributed by atoms with Crippen LogP contribution in [0.5, 0.6) is 0 Å². The van der Waals surface area contributed by atoms with Crippen LogP contribution in [0.15, 0.2) is 276 Å². The molecule has 0 radical (unpaired) electrons. The van der Waals surface area contributed by atoms with Crippen LogP contribution in [0.1, 0.15) is 17.0 Å². The summed E-state index contributed by atoms with van der Waals surface area (Å²) in [6, 6.07) is 90.6. The fraction of sp³-hybridized carbons (Fsp3) is 0.0278. The summed E-state index contributed by atoms with van der Waals surface area (Å²) < 4.78 is 15.3. The molecule has 3 aromatic heterocycles. The first-order valence-electron chi connectivity index (χ1n) is 26.2. The van der Waals surface area contributed by atoms with Crippen molar-refractivity contribution in [2.45, 2.75) is 12.0 Å². The summed E-state index contributed by atoms with van der Waals surface area (Å²) in [7, 11) is 0. The van der Waals surface area contributed by atoms with Crippen LogP contribution >= 0.6 is 0 Å². The molecule has 0 amide bonds. The molecule has 0 saturated carbocycles. The molecule has 4 heteroatoms. The second-order valence-electron chi connectivity index (χ2n) is 20.3. The maximum Gasteiger partial charge on any atom is 0.135 e. The first-order chi connectivity index (χ1) is 37.7. The maximum absolute atomic E-state index is 6.42. The Labute approximate surface area is 438 Å². The van der Waals surface area contributed by atoms with Gasteiger partial charge in [-0.15, -0.1) is 0 Å². The Balaban J connectivity index is 0.999. The molecule has 76 heavy (non-hydrogen) atoms. The van der Waals surface area contributed by atoms with Crippen molar-refractivity contribution in [1.29, 1.82) is 0 Å². The van der Waals surface area contributed by atoms with E-state index in [-0.39, 0.29) is 12.0 Å². The minimum absolute atomic E-state index is 0.0308. The number of para-hydroxylation sites is 2. The number of rotatable bonds is 7. The van der Waals surface area contributed by atoms with E-state index in [0.717, 1.165) is 77.4 Å². The summed E-state index contributed by atoms with van der Waals surface area (Å²) in [5, 5.41) is 6.81. The summed E-state index contributed by atoms with van der Waals surface area (Å²) in [4.78, 5) is 2.58. The quantitative estimate of drug-likeness (QED) is 0.160. The van der Waals surface area contributed by atoms with Gasteiger partial charge in [0, 0.05) is 55.3 Å². The molecule has 1 aliphatic heterocycles. The number of hydrogen-bond donors (Lipinski definition) is 0. The van der Waals surface area contributed by atoms with Gasteiger partial charge in [-0.3, -0.25) is 0 Å². The third kappa shape index (κ3) is 6.64. The molecule has 14 aromatic rings. The molecule has 4 nitrogen and oxygen atoms in total. The lowest BCUT2D eigenvalue weighted by atomic mass is 9.83. The zero-order valence-electron chi connectivity index (χ0n) is 41.3. The van der Waals surface area contributed by atoms with Gasteiger partial charge in [0.1, 0.15) is 22.3 Å². The van der Waals surface area contributed by atoms with Gasteiger partial charge in [0.25, 0.3) is 0 Å². The normalized spacial score (nSPS) is 15.1. The van der Waals surface area contributed by atoms with Crippen molar-refractivity contribution in [3.05, 3.63) is 278 Å². The second-order valence-corrected chi connectivity index (χ2v) is 20.3. The third-order valence-electron chi connectivity index (χ3n) is 16.1. The van der Waals surface area contributed by atoms with Crippen molar-refractivity contribution in [3.63, 3.8) is 0 Å². The molecule has 2 unspecified atom stereocenters. The SMILES string of the molecule is C1=CC2C(C=C1c1ccccc1)c1cc(-c3ccccc3)c(-c3cc4c(cc3-c3ccccc3)c3cc(-c5ccccc5)ccc3n4-c3ccc4oc5ccccc5c4c3)cc1N2c1ccc2oc3ccccc3c2c1. The molecule has 0 fully saturated rings. The first-order valence-corrected chi connectivity index (χ1v) is 26.2. The number of allylic oxidation sites excluding steroid dienone is 2. The molecule has 4 heterocycles. The maximum atomic E-state index is 6.42. The molecular weight excluding hydrogens is 925 g/mol. The lowest BCUT2D eigenvalue weighted by Crippen LogP contribution is -2.28. The van der Waals surface area contributed by atoms with Crippen molar-refractivity contribution >= 4 is 82.6 Å². The van der Waals surface area contributed by atoms with Crippen LogP contribution in [-0.2, 0) is 0 Å². The Morgan fingerprint density at radius 1 is 0.329 bits per heavy atom. The molecule has 16 rings (SSSR count). The second kappa shape index (κ2) is 16.8. The van der Waals surface area contributed by atoms with E-state index >= 15 is 0 Å². The van der Waals surface area contributed by atoms with Crippen molar-refractivity contribution < 1.29 is 8.83 Å². The number of furan rings is 2. The monoisotopic (exact) mass is 970 g/mol. The van der Waals surface area contributed by atoms with Gasteiger partial charge >= 0.3 is 0 Å². The van der Waals surface area contributed by atoms with Crippen molar-refractivity contribution in [2.24, 2.45) is 0 Å². The number of hydrogen-bond acceptors (Lipinski definition) is 3. The zero-order valence-corrected chi connectivity index (χ0v) is 41.3. The summed E-state index contributed by atoms with van der Waals surface area (Å²) in [6.45, 7) is 0. The van der Waals surface area contributed by atoms with E-state index in [0.29, 0.717) is 0 Å². The molecule has 11 aromatic carbocycles. The van der Waals surface area contributed by atoms with Crippen molar-refractivity contribution in [3.8, 4) is 50.2 Å². The van der Waals surface area contributed by atoms with E-state index in [2.05, 4.69) is 264 Å². The van der Waals surface area contributed by atoms with Crippen LogP contribution in [0.4, 0.5) is 11.4 Å². The predicted molar refractivity (Wildman–Crippen MR) is 316 cm³/mol. The Kier molecular flexibility index (Phi) is 9.43. The lowest BCUT2D eigenvalue weighted by molar-refractivity contribution is 0.668. The predicted octanol–water partition coefficient (Wildman–Crippen LogP) is 19.5. The van der Waals surface area contributed by atoms with Crippen LogP contribution in [-0.4, -0.2) is 10.6 Å².